The van der Waals surface area contributed by atoms with Crippen LogP contribution < -0.4 is 4.74 Å². The first-order valence-electron chi connectivity index (χ1n) is 4.54. The summed E-state index contributed by atoms with van der Waals surface area (Å²) in [6, 6.07) is 12.9. The lowest BCUT2D eigenvalue weighted by molar-refractivity contribution is 0.463. The standard InChI is InChI=1S/C12H10N2O/c1-13-10-5-7-11(8-6-10)15-12-4-2-3-9-14-12/h2-9H,1H2. The van der Waals surface area contributed by atoms with Crippen molar-refractivity contribution in [3.8, 4) is 11.6 Å². The third-order valence-electron chi connectivity index (χ3n) is 1.88. The molecule has 3 nitrogen and oxygen atoms in total. The molecular formula is C12H10N2O. The minimum Gasteiger partial charge on any atom is -0.439 e. The Morgan fingerprint density at radius 3 is 2.47 bits per heavy atom. The second-order valence-corrected chi connectivity index (χ2v) is 2.92. The van der Waals surface area contributed by atoms with Gasteiger partial charge >= 0.3 is 0 Å². The van der Waals surface area contributed by atoms with Gasteiger partial charge in [0, 0.05) is 12.3 Å². The van der Waals surface area contributed by atoms with Gasteiger partial charge in [-0.2, -0.15) is 0 Å². The van der Waals surface area contributed by atoms with E-state index in [2.05, 4.69) is 16.7 Å². The molecule has 2 aromatic rings. The van der Waals surface area contributed by atoms with Crippen LogP contribution in [0.2, 0.25) is 0 Å². The molecule has 74 valence electrons. The van der Waals surface area contributed by atoms with Crippen LogP contribution in [0.25, 0.3) is 0 Å². The van der Waals surface area contributed by atoms with Crippen LogP contribution in [-0.2, 0) is 0 Å². The van der Waals surface area contributed by atoms with Crippen LogP contribution in [0.5, 0.6) is 11.6 Å². The molecule has 0 spiro atoms. The van der Waals surface area contributed by atoms with Crippen molar-refractivity contribution < 1.29 is 4.74 Å². The molecule has 1 aromatic heterocycles. The van der Waals surface area contributed by atoms with Gasteiger partial charge in [0.2, 0.25) is 5.88 Å². The molecule has 1 aromatic carbocycles. The van der Waals surface area contributed by atoms with Crippen LogP contribution in [0.15, 0.2) is 53.7 Å². The summed E-state index contributed by atoms with van der Waals surface area (Å²) < 4.78 is 5.50. The number of hydrogen-bond donors (Lipinski definition) is 0. The van der Waals surface area contributed by atoms with E-state index in [1.165, 1.54) is 0 Å². The van der Waals surface area contributed by atoms with Crippen molar-refractivity contribution >= 4 is 12.4 Å². The van der Waals surface area contributed by atoms with E-state index in [1.807, 2.05) is 36.4 Å². The van der Waals surface area contributed by atoms with Gasteiger partial charge in [-0.05, 0) is 37.0 Å². The number of aliphatic imine (C=N–C) groups is 1. The first-order chi connectivity index (χ1) is 7.38. The lowest BCUT2D eigenvalue weighted by Gasteiger charge is -2.03. The van der Waals surface area contributed by atoms with Gasteiger partial charge in [-0.3, -0.25) is 4.99 Å². The van der Waals surface area contributed by atoms with Gasteiger partial charge in [-0.15, -0.1) is 0 Å². The van der Waals surface area contributed by atoms with Crippen molar-refractivity contribution in [3.05, 3.63) is 48.7 Å². The predicted molar refractivity (Wildman–Crippen MR) is 60.0 cm³/mol. The lowest BCUT2D eigenvalue weighted by Crippen LogP contribution is -1.85. The fraction of sp³-hybridized carbons (Fsp3) is 0. The summed E-state index contributed by atoms with van der Waals surface area (Å²) in [5.74, 6) is 1.32. The SMILES string of the molecule is C=Nc1ccc(Oc2ccccn2)cc1. The monoisotopic (exact) mass is 198 g/mol. The van der Waals surface area contributed by atoms with Crippen molar-refractivity contribution in [2.45, 2.75) is 0 Å². The minimum atomic E-state index is 0.580. The Hall–Kier alpha value is -2.16. The summed E-state index contributed by atoms with van der Waals surface area (Å²) in [7, 11) is 0. The summed E-state index contributed by atoms with van der Waals surface area (Å²) in [5.41, 5.74) is 0.823. The van der Waals surface area contributed by atoms with Gasteiger partial charge in [0.15, 0.2) is 0 Å². The molecule has 0 aliphatic rings. The van der Waals surface area contributed by atoms with Gasteiger partial charge in [-0.25, -0.2) is 4.98 Å². The summed E-state index contributed by atoms with van der Waals surface area (Å²) in [5, 5.41) is 0. The maximum absolute atomic E-state index is 5.50. The maximum Gasteiger partial charge on any atom is 0.219 e. The van der Waals surface area contributed by atoms with Crippen LogP contribution >= 0.6 is 0 Å². The quantitative estimate of drug-likeness (QED) is 0.710. The Morgan fingerprint density at radius 1 is 1.07 bits per heavy atom. The normalized spacial score (nSPS) is 9.60. The highest BCUT2D eigenvalue weighted by Gasteiger charge is 1.96. The minimum absolute atomic E-state index is 0.580. The molecule has 0 unspecified atom stereocenters. The fourth-order valence-electron chi connectivity index (χ4n) is 1.15. The van der Waals surface area contributed by atoms with Crippen molar-refractivity contribution in [2.75, 3.05) is 0 Å². The number of nitrogens with zero attached hydrogens (tertiary/aromatic N) is 2. The molecule has 0 atom stereocenters. The molecule has 0 radical (unpaired) electrons. The lowest BCUT2D eigenvalue weighted by atomic mass is 10.3. The van der Waals surface area contributed by atoms with E-state index in [9.17, 15) is 0 Å². The third-order valence-corrected chi connectivity index (χ3v) is 1.88. The van der Waals surface area contributed by atoms with E-state index < -0.39 is 0 Å². The summed E-state index contributed by atoms with van der Waals surface area (Å²) in [6.07, 6.45) is 1.69. The topological polar surface area (TPSA) is 34.5 Å². The smallest absolute Gasteiger partial charge is 0.219 e. The van der Waals surface area contributed by atoms with E-state index in [-0.39, 0.29) is 0 Å². The molecule has 0 saturated heterocycles. The van der Waals surface area contributed by atoms with Gasteiger partial charge in [0.25, 0.3) is 0 Å². The zero-order valence-electron chi connectivity index (χ0n) is 8.13. The number of pyridine rings is 1. The molecule has 3 heteroatoms. The van der Waals surface area contributed by atoms with Crippen LogP contribution in [0.3, 0.4) is 0 Å². The third kappa shape index (κ3) is 2.40. The molecule has 0 bridgehead atoms. The Kier molecular flexibility index (Phi) is 2.74. The predicted octanol–water partition coefficient (Wildman–Crippen LogP) is 3.21. The zero-order chi connectivity index (χ0) is 10.5. The van der Waals surface area contributed by atoms with Crippen LogP contribution in [0.4, 0.5) is 5.69 Å². The molecule has 0 fully saturated rings. The van der Waals surface area contributed by atoms with Crippen molar-refractivity contribution in [1.82, 2.24) is 4.98 Å². The van der Waals surface area contributed by atoms with Crippen molar-refractivity contribution in [2.24, 2.45) is 4.99 Å². The first-order valence-corrected chi connectivity index (χ1v) is 4.54. The molecule has 2 rings (SSSR count). The number of benzene rings is 1. The van der Waals surface area contributed by atoms with E-state index in [1.54, 1.807) is 12.3 Å². The van der Waals surface area contributed by atoms with Gasteiger partial charge in [0.1, 0.15) is 5.75 Å². The van der Waals surface area contributed by atoms with E-state index in [4.69, 9.17) is 4.74 Å². The number of rotatable bonds is 3. The molecule has 0 aliphatic carbocycles. The Balaban J connectivity index is 2.15. The summed E-state index contributed by atoms with van der Waals surface area (Å²) >= 11 is 0. The van der Waals surface area contributed by atoms with Crippen LogP contribution in [0.1, 0.15) is 0 Å². The highest BCUT2D eigenvalue weighted by molar-refractivity contribution is 5.47. The van der Waals surface area contributed by atoms with Gasteiger partial charge < -0.3 is 4.74 Å². The van der Waals surface area contributed by atoms with E-state index >= 15 is 0 Å². The fourth-order valence-corrected chi connectivity index (χ4v) is 1.15. The van der Waals surface area contributed by atoms with Gasteiger partial charge in [0.05, 0.1) is 5.69 Å². The average molecular weight is 198 g/mol. The Morgan fingerprint density at radius 2 is 1.87 bits per heavy atom. The van der Waals surface area contributed by atoms with E-state index in [0.717, 1.165) is 11.4 Å². The Labute approximate surface area is 88.1 Å². The zero-order valence-corrected chi connectivity index (χ0v) is 8.13. The second-order valence-electron chi connectivity index (χ2n) is 2.92. The molecule has 0 amide bonds. The van der Waals surface area contributed by atoms with E-state index in [0.29, 0.717) is 5.88 Å². The molecule has 15 heavy (non-hydrogen) atoms. The molecule has 0 aliphatic heterocycles. The number of aromatic nitrogens is 1. The number of ether oxygens (including phenoxy) is 1. The van der Waals surface area contributed by atoms with Crippen molar-refractivity contribution in [3.63, 3.8) is 0 Å². The second kappa shape index (κ2) is 4.37. The van der Waals surface area contributed by atoms with Crippen LogP contribution in [0, 0.1) is 0 Å². The molecule has 0 N–H and O–H groups in total. The largest absolute Gasteiger partial charge is 0.439 e. The molecular weight excluding hydrogens is 188 g/mol. The molecule has 1 heterocycles. The first kappa shape index (κ1) is 9.40. The molecule has 0 saturated carbocycles. The van der Waals surface area contributed by atoms with Crippen molar-refractivity contribution in [1.29, 1.82) is 0 Å². The number of hydrogen-bond acceptors (Lipinski definition) is 3. The van der Waals surface area contributed by atoms with Crippen LogP contribution in [-0.4, -0.2) is 11.7 Å². The Bertz CT molecular complexity index is 437. The average Bonchev–Trinajstić information content (AvgIpc) is 2.31. The summed E-state index contributed by atoms with van der Waals surface area (Å²) in [6.45, 7) is 3.44. The van der Waals surface area contributed by atoms with Gasteiger partial charge in [-0.1, -0.05) is 6.07 Å². The maximum atomic E-state index is 5.50. The summed E-state index contributed by atoms with van der Waals surface area (Å²) in [4.78, 5) is 7.86. The highest BCUT2D eigenvalue weighted by atomic mass is 16.5. The highest BCUT2D eigenvalue weighted by Crippen LogP contribution is 2.21.